The highest BCUT2D eigenvalue weighted by Crippen LogP contribution is 2.44. The molecule has 0 saturated heterocycles. The SMILES string of the molecule is NC(CCNC1CC2CCC1C2)c1ccccc1. The van der Waals surface area contributed by atoms with E-state index in [2.05, 4.69) is 29.6 Å². The summed E-state index contributed by atoms with van der Waals surface area (Å²) in [6.07, 6.45) is 6.85. The molecular formula is C16H24N2. The molecule has 0 aliphatic heterocycles. The molecule has 18 heavy (non-hydrogen) atoms. The number of hydrogen-bond donors (Lipinski definition) is 2. The Kier molecular flexibility index (Phi) is 3.67. The first-order chi connectivity index (χ1) is 8.83. The van der Waals surface area contributed by atoms with Crippen LogP contribution in [0.2, 0.25) is 0 Å². The minimum atomic E-state index is 0.178. The normalized spacial score (nSPS) is 31.7. The molecule has 3 rings (SSSR count). The third-order valence-electron chi connectivity index (χ3n) is 4.83. The molecule has 4 atom stereocenters. The van der Waals surface area contributed by atoms with Crippen molar-refractivity contribution in [2.75, 3.05) is 6.54 Å². The average molecular weight is 244 g/mol. The first-order valence-corrected chi connectivity index (χ1v) is 7.37. The highest BCUT2D eigenvalue weighted by atomic mass is 14.9. The van der Waals surface area contributed by atoms with Crippen molar-refractivity contribution in [3.05, 3.63) is 35.9 Å². The summed E-state index contributed by atoms with van der Waals surface area (Å²) in [5.74, 6) is 1.98. The highest BCUT2D eigenvalue weighted by molar-refractivity contribution is 5.18. The molecule has 2 aliphatic rings. The lowest BCUT2D eigenvalue weighted by Crippen LogP contribution is -2.35. The van der Waals surface area contributed by atoms with Crippen LogP contribution in [0.25, 0.3) is 0 Å². The Balaban J connectivity index is 1.42. The summed E-state index contributed by atoms with van der Waals surface area (Å²) in [6, 6.07) is 11.4. The molecule has 2 aliphatic carbocycles. The third kappa shape index (κ3) is 2.60. The van der Waals surface area contributed by atoms with E-state index in [4.69, 9.17) is 5.73 Å². The Labute approximate surface area is 110 Å². The Morgan fingerprint density at radius 3 is 2.67 bits per heavy atom. The van der Waals surface area contributed by atoms with Gasteiger partial charge in [0.25, 0.3) is 0 Å². The highest BCUT2D eigenvalue weighted by Gasteiger charge is 2.38. The van der Waals surface area contributed by atoms with Crippen molar-refractivity contribution in [2.45, 2.75) is 44.2 Å². The summed E-state index contributed by atoms with van der Waals surface area (Å²) >= 11 is 0. The standard InChI is InChI=1S/C16H24N2/c17-15(13-4-2-1-3-5-13)8-9-18-16-11-12-6-7-14(16)10-12/h1-5,12,14-16,18H,6-11,17H2. The van der Waals surface area contributed by atoms with Crippen LogP contribution < -0.4 is 11.1 Å². The van der Waals surface area contributed by atoms with Crippen molar-refractivity contribution in [1.29, 1.82) is 0 Å². The van der Waals surface area contributed by atoms with Gasteiger partial charge >= 0.3 is 0 Å². The molecule has 3 N–H and O–H groups in total. The Morgan fingerprint density at radius 1 is 1.17 bits per heavy atom. The average Bonchev–Trinajstić information content (AvgIpc) is 3.02. The zero-order valence-corrected chi connectivity index (χ0v) is 11.0. The van der Waals surface area contributed by atoms with E-state index in [9.17, 15) is 0 Å². The van der Waals surface area contributed by atoms with Gasteiger partial charge in [0.2, 0.25) is 0 Å². The van der Waals surface area contributed by atoms with Crippen LogP contribution in [0.3, 0.4) is 0 Å². The summed E-state index contributed by atoms with van der Waals surface area (Å²) < 4.78 is 0. The Hall–Kier alpha value is -0.860. The van der Waals surface area contributed by atoms with Gasteiger partial charge in [0.05, 0.1) is 0 Å². The van der Waals surface area contributed by atoms with Crippen LogP contribution in [0.5, 0.6) is 0 Å². The van der Waals surface area contributed by atoms with Crippen LogP contribution in [0.4, 0.5) is 0 Å². The van der Waals surface area contributed by atoms with Crippen LogP contribution in [0, 0.1) is 11.8 Å². The van der Waals surface area contributed by atoms with E-state index in [1.807, 2.05) is 6.07 Å². The van der Waals surface area contributed by atoms with E-state index in [0.29, 0.717) is 0 Å². The van der Waals surface area contributed by atoms with Gasteiger partial charge in [-0.25, -0.2) is 0 Å². The number of hydrogen-bond acceptors (Lipinski definition) is 2. The Morgan fingerprint density at radius 2 is 2.00 bits per heavy atom. The van der Waals surface area contributed by atoms with Crippen molar-refractivity contribution >= 4 is 0 Å². The van der Waals surface area contributed by atoms with E-state index < -0.39 is 0 Å². The third-order valence-corrected chi connectivity index (χ3v) is 4.83. The zero-order valence-electron chi connectivity index (χ0n) is 11.0. The lowest BCUT2D eigenvalue weighted by Gasteiger charge is -2.23. The van der Waals surface area contributed by atoms with Crippen molar-refractivity contribution in [3.8, 4) is 0 Å². The zero-order chi connectivity index (χ0) is 12.4. The van der Waals surface area contributed by atoms with Crippen LogP contribution in [-0.2, 0) is 0 Å². The molecule has 2 saturated carbocycles. The predicted molar refractivity (Wildman–Crippen MR) is 75.2 cm³/mol. The van der Waals surface area contributed by atoms with Gasteiger partial charge in [0, 0.05) is 12.1 Å². The number of benzene rings is 1. The minimum absolute atomic E-state index is 0.178. The molecule has 2 heteroatoms. The summed E-state index contributed by atoms with van der Waals surface area (Å²) in [6.45, 7) is 1.06. The maximum absolute atomic E-state index is 6.22. The van der Waals surface area contributed by atoms with Crippen LogP contribution in [-0.4, -0.2) is 12.6 Å². The van der Waals surface area contributed by atoms with E-state index in [1.165, 1.54) is 31.2 Å². The van der Waals surface area contributed by atoms with Crippen molar-refractivity contribution < 1.29 is 0 Å². The number of fused-ring (bicyclic) bond motifs is 2. The van der Waals surface area contributed by atoms with Crippen LogP contribution in [0.1, 0.15) is 43.7 Å². The summed E-state index contributed by atoms with van der Waals surface area (Å²) in [5, 5.41) is 3.73. The molecule has 98 valence electrons. The van der Waals surface area contributed by atoms with E-state index in [1.54, 1.807) is 0 Å². The van der Waals surface area contributed by atoms with Gasteiger partial charge in [-0.15, -0.1) is 0 Å². The van der Waals surface area contributed by atoms with Crippen molar-refractivity contribution in [2.24, 2.45) is 17.6 Å². The second-order valence-corrected chi connectivity index (χ2v) is 6.04. The molecule has 4 unspecified atom stereocenters. The first kappa shape index (κ1) is 12.2. The molecule has 2 bridgehead atoms. The largest absolute Gasteiger partial charge is 0.324 e. The fraction of sp³-hybridized carbons (Fsp3) is 0.625. The lowest BCUT2D eigenvalue weighted by atomic mass is 9.95. The smallest absolute Gasteiger partial charge is 0.0306 e. The molecule has 0 aromatic heterocycles. The Bertz CT molecular complexity index is 376. The van der Waals surface area contributed by atoms with Crippen molar-refractivity contribution in [1.82, 2.24) is 5.32 Å². The fourth-order valence-corrected chi connectivity index (χ4v) is 3.79. The van der Waals surface area contributed by atoms with E-state index in [-0.39, 0.29) is 6.04 Å². The summed E-state index contributed by atoms with van der Waals surface area (Å²) in [7, 11) is 0. The lowest BCUT2D eigenvalue weighted by molar-refractivity contribution is 0.347. The predicted octanol–water partition coefficient (Wildman–Crippen LogP) is 2.85. The summed E-state index contributed by atoms with van der Waals surface area (Å²) in [4.78, 5) is 0. The second kappa shape index (κ2) is 5.41. The molecule has 2 nitrogen and oxygen atoms in total. The van der Waals surface area contributed by atoms with Gasteiger partial charge in [-0.1, -0.05) is 36.8 Å². The van der Waals surface area contributed by atoms with Gasteiger partial charge in [-0.3, -0.25) is 0 Å². The second-order valence-electron chi connectivity index (χ2n) is 6.04. The molecule has 0 spiro atoms. The molecule has 0 amide bonds. The number of nitrogens with two attached hydrogens (primary N) is 1. The van der Waals surface area contributed by atoms with E-state index in [0.717, 1.165) is 30.8 Å². The molecule has 0 heterocycles. The molecular weight excluding hydrogens is 220 g/mol. The number of rotatable bonds is 5. The number of nitrogens with one attached hydrogen (secondary N) is 1. The first-order valence-electron chi connectivity index (χ1n) is 7.37. The van der Waals surface area contributed by atoms with Gasteiger partial charge in [0.15, 0.2) is 0 Å². The molecule has 1 aromatic rings. The minimum Gasteiger partial charge on any atom is -0.324 e. The van der Waals surface area contributed by atoms with Gasteiger partial charge in [0.1, 0.15) is 0 Å². The van der Waals surface area contributed by atoms with Gasteiger partial charge in [-0.05, 0) is 49.6 Å². The van der Waals surface area contributed by atoms with Gasteiger partial charge in [-0.2, -0.15) is 0 Å². The molecule has 1 aromatic carbocycles. The fourth-order valence-electron chi connectivity index (χ4n) is 3.79. The molecule has 2 fully saturated rings. The monoisotopic (exact) mass is 244 g/mol. The van der Waals surface area contributed by atoms with Gasteiger partial charge < -0.3 is 11.1 Å². The quantitative estimate of drug-likeness (QED) is 0.836. The molecule has 0 radical (unpaired) electrons. The van der Waals surface area contributed by atoms with Crippen molar-refractivity contribution in [3.63, 3.8) is 0 Å². The maximum Gasteiger partial charge on any atom is 0.0306 e. The van der Waals surface area contributed by atoms with Crippen LogP contribution >= 0.6 is 0 Å². The van der Waals surface area contributed by atoms with E-state index >= 15 is 0 Å². The summed E-state index contributed by atoms with van der Waals surface area (Å²) in [5.41, 5.74) is 7.47. The maximum atomic E-state index is 6.22. The topological polar surface area (TPSA) is 38.0 Å². The van der Waals surface area contributed by atoms with Crippen LogP contribution in [0.15, 0.2) is 30.3 Å².